The van der Waals surface area contributed by atoms with Crippen LogP contribution in [0, 0.1) is 5.92 Å². The summed E-state index contributed by atoms with van der Waals surface area (Å²) in [5.74, 6) is 0.848. The van der Waals surface area contributed by atoms with Gasteiger partial charge in [0.25, 0.3) is 0 Å². The molecule has 1 aromatic carbocycles. The van der Waals surface area contributed by atoms with Crippen LogP contribution in [-0.4, -0.2) is 10.9 Å². The van der Waals surface area contributed by atoms with Gasteiger partial charge in [0, 0.05) is 6.42 Å². The molecular formula is C16H18ClN3O. The Labute approximate surface area is 129 Å². The summed E-state index contributed by atoms with van der Waals surface area (Å²) in [6.07, 6.45) is 2.15. The van der Waals surface area contributed by atoms with Crippen molar-refractivity contribution < 1.29 is 4.79 Å². The van der Waals surface area contributed by atoms with Crippen molar-refractivity contribution in [3.63, 3.8) is 0 Å². The van der Waals surface area contributed by atoms with Crippen LogP contribution in [0.5, 0.6) is 0 Å². The Bertz CT molecular complexity index is 611. The lowest BCUT2D eigenvalue weighted by Crippen LogP contribution is -2.14. The molecule has 0 bridgehead atoms. The van der Waals surface area contributed by atoms with Crippen molar-refractivity contribution in [1.29, 1.82) is 0 Å². The summed E-state index contributed by atoms with van der Waals surface area (Å²) in [6.45, 7) is 4.01. The second-order valence-corrected chi connectivity index (χ2v) is 5.59. The highest BCUT2D eigenvalue weighted by Gasteiger charge is 2.06. The smallest absolute Gasteiger partial charge is 0.225 e. The Morgan fingerprint density at radius 2 is 2.00 bits per heavy atom. The molecule has 1 amide bonds. The van der Waals surface area contributed by atoms with Gasteiger partial charge in [-0.1, -0.05) is 37.6 Å². The van der Waals surface area contributed by atoms with E-state index in [1.165, 1.54) is 0 Å². The molecule has 5 heteroatoms. The van der Waals surface area contributed by atoms with Crippen molar-refractivity contribution in [2.75, 3.05) is 10.6 Å². The van der Waals surface area contributed by atoms with Crippen LogP contribution in [0.25, 0.3) is 0 Å². The maximum absolute atomic E-state index is 11.7. The predicted octanol–water partition coefficient (Wildman–Crippen LogP) is 4.46. The number of carbonyl (C=O) groups excluding carboxylic acids is 1. The minimum Gasteiger partial charge on any atom is -0.353 e. The van der Waals surface area contributed by atoms with Crippen molar-refractivity contribution in [1.82, 2.24) is 4.98 Å². The molecule has 1 aromatic heterocycles. The first-order valence-corrected chi connectivity index (χ1v) is 7.20. The third-order valence-corrected chi connectivity index (χ3v) is 3.11. The fourth-order valence-corrected chi connectivity index (χ4v) is 2.01. The average Bonchev–Trinajstić information content (AvgIpc) is 2.42. The maximum atomic E-state index is 11.7. The quantitative estimate of drug-likeness (QED) is 0.857. The van der Waals surface area contributed by atoms with Gasteiger partial charge >= 0.3 is 0 Å². The van der Waals surface area contributed by atoms with Crippen molar-refractivity contribution in [2.45, 2.75) is 20.3 Å². The van der Waals surface area contributed by atoms with Crippen LogP contribution in [0.15, 0.2) is 42.6 Å². The van der Waals surface area contributed by atoms with Crippen molar-refractivity contribution in [3.05, 3.63) is 47.6 Å². The number of amides is 1. The van der Waals surface area contributed by atoms with Gasteiger partial charge in [0.1, 0.15) is 5.82 Å². The SMILES string of the molecule is CC(C)CC(=O)Nc1ccc(Nc2ccccc2Cl)cn1. The first kappa shape index (κ1) is 15.3. The molecule has 0 aliphatic carbocycles. The van der Waals surface area contributed by atoms with E-state index < -0.39 is 0 Å². The lowest BCUT2D eigenvalue weighted by atomic mass is 10.1. The van der Waals surface area contributed by atoms with Gasteiger partial charge in [0.05, 0.1) is 22.6 Å². The number of nitrogens with one attached hydrogen (secondary N) is 2. The minimum atomic E-state index is -0.0238. The molecule has 0 radical (unpaired) electrons. The minimum absolute atomic E-state index is 0.0238. The molecule has 1 heterocycles. The lowest BCUT2D eigenvalue weighted by Gasteiger charge is -2.09. The highest BCUT2D eigenvalue weighted by atomic mass is 35.5. The second-order valence-electron chi connectivity index (χ2n) is 5.18. The maximum Gasteiger partial charge on any atom is 0.225 e. The van der Waals surface area contributed by atoms with Crippen LogP contribution in [0.2, 0.25) is 5.02 Å². The number of halogens is 1. The van der Waals surface area contributed by atoms with Crippen LogP contribution in [-0.2, 0) is 4.79 Å². The number of para-hydroxylation sites is 1. The normalized spacial score (nSPS) is 10.5. The number of nitrogens with zero attached hydrogens (tertiary/aromatic N) is 1. The average molecular weight is 304 g/mol. The van der Waals surface area contributed by atoms with Gasteiger partial charge in [-0.2, -0.15) is 0 Å². The number of hydrogen-bond acceptors (Lipinski definition) is 3. The fourth-order valence-electron chi connectivity index (χ4n) is 1.82. The molecule has 0 saturated carbocycles. The molecule has 0 fully saturated rings. The van der Waals surface area contributed by atoms with Gasteiger partial charge in [-0.15, -0.1) is 0 Å². The number of pyridine rings is 1. The first-order valence-electron chi connectivity index (χ1n) is 6.82. The predicted molar refractivity (Wildman–Crippen MR) is 87.1 cm³/mol. The van der Waals surface area contributed by atoms with Crippen molar-refractivity contribution in [3.8, 4) is 0 Å². The third-order valence-electron chi connectivity index (χ3n) is 2.78. The highest BCUT2D eigenvalue weighted by molar-refractivity contribution is 6.33. The molecule has 21 heavy (non-hydrogen) atoms. The summed E-state index contributed by atoms with van der Waals surface area (Å²) in [7, 11) is 0. The van der Waals surface area contributed by atoms with Crippen LogP contribution >= 0.6 is 11.6 Å². The number of hydrogen-bond donors (Lipinski definition) is 2. The van der Waals surface area contributed by atoms with Crippen molar-refractivity contribution >= 4 is 34.7 Å². The monoisotopic (exact) mass is 303 g/mol. The second kappa shape index (κ2) is 7.09. The number of rotatable bonds is 5. The van der Waals surface area contributed by atoms with E-state index in [0.717, 1.165) is 11.4 Å². The summed E-state index contributed by atoms with van der Waals surface area (Å²) in [5.41, 5.74) is 1.63. The lowest BCUT2D eigenvalue weighted by molar-refractivity contribution is -0.116. The molecular weight excluding hydrogens is 286 g/mol. The standard InChI is InChI=1S/C16H18ClN3O/c1-11(2)9-16(21)20-15-8-7-12(10-18-15)19-14-6-4-3-5-13(14)17/h3-8,10-11,19H,9H2,1-2H3,(H,18,20,21). The fraction of sp³-hybridized carbons (Fsp3) is 0.250. The molecule has 0 aliphatic heterocycles. The highest BCUT2D eigenvalue weighted by Crippen LogP contribution is 2.24. The molecule has 0 unspecified atom stereocenters. The van der Waals surface area contributed by atoms with Crippen LogP contribution < -0.4 is 10.6 Å². The Morgan fingerprint density at radius 1 is 1.24 bits per heavy atom. The van der Waals surface area contributed by atoms with Gasteiger partial charge in [-0.05, 0) is 30.2 Å². The summed E-state index contributed by atoms with van der Waals surface area (Å²) >= 11 is 6.08. The van der Waals surface area contributed by atoms with E-state index in [1.807, 2.05) is 44.2 Å². The summed E-state index contributed by atoms with van der Waals surface area (Å²) in [5, 5.41) is 6.59. The number of benzene rings is 1. The molecule has 0 aliphatic rings. The van der Waals surface area contributed by atoms with Gasteiger partial charge < -0.3 is 10.6 Å². The molecule has 2 N–H and O–H groups in total. The first-order chi connectivity index (χ1) is 10.0. The zero-order valence-electron chi connectivity index (χ0n) is 12.1. The Hall–Kier alpha value is -2.07. The van der Waals surface area contributed by atoms with Crippen LogP contribution in [0.1, 0.15) is 20.3 Å². The summed E-state index contributed by atoms with van der Waals surface area (Å²) in [4.78, 5) is 15.9. The van der Waals surface area contributed by atoms with E-state index in [1.54, 1.807) is 12.3 Å². The van der Waals surface area contributed by atoms with Gasteiger partial charge in [-0.3, -0.25) is 4.79 Å². The zero-order valence-corrected chi connectivity index (χ0v) is 12.8. The van der Waals surface area contributed by atoms with E-state index in [4.69, 9.17) is 11.6 Å². The summed E-state index contributed by atoms with van der Waals surface area (Å²) < 4.78 is 0. The van der Waals surface area contributed by atoms with Gasteiger partial charge in [0.2, 0.25) is 5.91 Å². The molecule has 4 nitrogen and oxygen atoms in total. The van der Waals surface area contributed by atoms with E-state index in [-0.39, 0.29) is 5.91 Å². The van der Waals surface area contributed by atoms with E-state index in [2.05, 4.69) is 15.6 Å². The third kappa shape index (κ3) is 4.76. The molecule has 0 atom stereocenters. The van der Waals surface area contributed by atoms with Crippen molar-refractivity contribution in [2.24, 2.45) is 5.92 Å². The van der Waals surface area contributed by atoms with Crippen LogP contribution in [0.4, 0.5) is 17.2 Å². The van der Waals surface area contributed by atoms with E-state index in [0.29, 0.717) is 23.2 Å². The number of carbonyl (C=O) groups is 1. The molecule has 110 valence electrons. The van der Waals surface area contributed by atoms with E-state index in [9.17, 15) is 4.79 Å². The number of anilines is 3. The largest absolute Gasteiger partial charge is 0.353 e. The Kier molecular flexibility index (Phi) is 5.17. The summed E-state index contributed by atoms with van der Waals surface area (Å²) in [6, 6.07) is 11.1. The number of aromatic nitrogens is 1. The van der Waals surface area contributed by atoms with Crippen LogP contribution in [0.3, 0.4) is 0 Å². The Balaban J connectivity index is 1.99. The molecule has 2 rings (SSSR count). The Morgan fingerprint density at radius 3 is 2.62 bits per heavy atom. The van der Waals surface area contributed by atoms with Gasteiger partial charge in [0.15, 0.2) is 0 Å². The van der Waals surface area contributed by atoms with E-state index >= 15 is 0 Å². The topological polar surface area (TPSA) is 54.0 Å². The molecule has 2 aromatic rings. The molecule has 0 saturated heterocycles. The zero-order chi connectivity index (χ0) is 15.2. The van der Waals surface area contributed by atoms with Gasteiger partial charge in [-0.25, -0.2) is 4.98 Å². The molecule has 0 spiro atoms.